The molecule has 1 aromatic heterocycles. The third-order valence-electron chi connectivity index (χ3n) is 6.77. The Labute approximate surface area is 194 Å². The van der Waals surface area contributed by atoms with E-state index >= 15 is 0 Å². The Morgan fingerprint density at radius 1 is 1.24 bits per heavy atom. The minimum atomic E-state index is -0.313. The number of amides is 2. The van der Waals surface area contributed by atoms with Crippen LogP contribution in [0.4, 0.5) is 4.39 Å². The van der Waals surface area contributed by atoms with Crippen molar-refractivity contribution in [3.63, 3.8) is 0 Å². The Balaban J connectivity index is 1.30. The summed E-state index contributed by atoms with van der Waals surface area (Å²) < 4.78 is 21.9. The van der Waals surface area contributed by atoms with Gasteiger partial charge in [-0.15, -0.1) is 5.10 Å². The zero-order valence-corrected chi connectivity index (χ0v) is 19.3. The van der Waals surface area contributed by atoms with Crippen molar-refractivity contribution in [1.82, 2.24) is 20.3 Å². The van der Waals surface area contributed by atoms with Gasteiger partial charge in [-0.1, -0.05) is 24.6 Å². The molecule has 1 saturated heterocycles. The first-order valence-corrected chi connectivity index (χ1v) is 12.2. The largest absolute Gasteiger partial charge is 0.490 e. The fourth-order valence-corrected chi connectivity index (χ4v) is 4.39. The minimum Gasteiger partial charge on any atom is -0.490 e. The SMILES string of the molecule is CC[C@@H](Cn1nncc1CCCCC1CCC(=O)NC1=O)c1ccc(F)c(OCC2CC2)c1. The molecule has 1 aromatic carbocycles. The van der Waals surface area contributed by atoms with Gasteiger partial charge in [-0.3, -0.25) is 14.9 Å². The molecule has 1 saturated carbocycles. The average Bonchev–Trinajstić information content (AvgIpc) is 3.53. The number of halogens is 1. The maximum absolute atomic E-state index is 14.2. The number of nitrogens with zero attached hydrogens (tertiary/aromatic N) is 3. The average molecular weight is 457 g/mol. The molecule has 2 atom stereocenters. The van der Waals surface area contributed by atoms with Crippen molar-refractivity contribution in [3.05, 3.63) is 41.5 Å². The van der Waals surface area contributed by atoms with Crippen molar-refractivity contribution in [2.24, 2.45) is 11.8 Å². The summed E-state index contributed by atoms with van der Waals surface area (Å²) in [6.45, 7) is 3.38. The molecule has 2 aliphatic rings. The quantitative estimate of drug-likeness (QED) is 0.383. The summed E-state index contributed by atoms with van der Waals surface area (Å²) in [7, 11) is 0. The van der Waals surface area contributed by atoms with Crippen LogP contribution < -0.4 is 10.1 Å². The molecule has 2 aromatic rings. The van der Waals surface area contributed by atoms with E-state index in [0.29, 0.717) is 37.7 Å². The summed E-state index contributed by atoms with van der Waals surface area (Å²) in [4.78, 5) is 23.2. The topological polar surface area (TPSA) is 86.1 Å². The van der Waals surface area contributed by atoms with E-state index in [1.165, 1.54) is 18.9 Å². The predicted octanol–water partition coefficient (Wildman–Crippen LogP) is 4.17. The number of rotatable bonds is 12. The normalized spacial score (nSPS) is 19.4. The molecule has 0 radical (unpaired) electrons. The molecule has 1 N–H and O–H groups in total. The molecule has 2 heterocycles. The van der Waals surface area contributed by atoms with Gasteiger partial charge in [0.15, 0.2) is 11.6 Å². The van der Waals surface area contributed by atoms with Crippen LogP contribution in [0.2, 0.25) is 0 Å². The Morgan fingerprint density at radius 2 is 2.09 bits per heavy atom. The second kappa shape index (κ2) is 10.9. The van der Waals surface area contributed by atoms with Crippen LogP contribution in [-0.2, 0) is 22.6 Å². The standard InChI is InChI=1S/C25H33FN4O3/c1-2-18(20-9-11-22(26)23(13-20)33-16-17-7-8-17)15-30-21(14-27-29-30)6-4-3-5-19-10-12-24(31)28-25(19)32/h9,11,13-14,17-19H,2-8,10,12,15-16H2,1H3,(H,28,31,32)/t18-,19?/m0/s1. The Bertz CT molecular complexity index is 972. The van der Waals surface area contributed by atoms with Gasteiger partial charge < -0.3 is 4.74 Å². The number of hydrogen-bond acceptors (Lipinski definition) is 5. The molecule has 2 fully saturated rings. The smallest absolute Gasteiger partial charge is 0.229 e. The summed E-state index contributed by atoms with van der Waals surface area (Å²) in [5.74, 6) is 0.408. The molecule has 1 aliphatic carbocycles. The molecule has 0 bridgehead atoms. The minimum absolute atomic E-state index is 0.0648. The van der Waals surface area contributed by atoms with Gasteiger partial charge in [0.2, 0.25) is 11.8 Å². The van der Waals surface area contributed by atoms with E-state index < -0.39 is 0 Å². The molecular formula is C25H33FN4O3. The Morgan fingerprint density at radius 3 is 2.85 bits per heavy atom. The second-order valence-corrected chi connectivity index (χ2v) is 9.35. The van der Waals surface area contributed by atoms with Crippen molar-refractivity contribution in [3.8, 4) is 5.75 Å². The number of imide groups is 1. The van der Waals surface area contributed by atoms with Crippen molar-refractivity contribution in [2.45, 2.75) is 77.2 Å². The van der Waals surface area contributed by atoms with Gasteiger partial charge in [-0.2, -0.15) is 0 Å². The first-order valence-electron chi connectivity index (χ1n) is 12.2. The lowest BCUT2D eigenvalue weighted by Crippen LogP contribution is -2.40. The van der Waals surface area contributed by atoms with Gasteiger partial charge >= 0.3 is 0 Å². The van der Waals surface area contributed by atoms with Crippen LogP contribution in [0.25, 0.3) is 0 Å². The van der Waals surface area contributed by atoms with E-state index in [1.54, 1.807) is 6.20 Å². The van der Waals surface area contributed by atoms with Gasteiger partial charge in [0.1, 0.15) is 0 Å². The highest BCUT2D eigenvalue weighted by Gasteiger charge is 2.26. The lowest BCUT2D eigenvalue weighted by Gasteiger charge is -2.20. The number of unbranched alkanes of at least 4 members (excludes halogenated alkanes) is 1. The summed E-state index contributed by atoms with van der Waals surface area (Å²) in [5.41, 5.74) is 2.10. The molecule has 178 valence electrons. The van der Waals surface area contributed by atoms with Gasteiger partial charge in [-0.25, -0.2) is 9.07 Å². The maximum Gasteiger partial charge on any atom is 0.229 e. The van der Waals surface area contributed by atoms with Crippen molar-refractivity contribution >= 4 is 11.8 Å². The predicted molar refractivity (Wildman–Crippen MR) is 121 cm³/mol. The highest BCUT2D eigenvalue weighted by molar-refractivity contribution is 5.98. The van der Waals surface area contributed by atoms with Gasteiger partial charge in [0, 0.05) is 24.8 Å². The molecule has 7 nitrogen and oxygen atoms in total. The number of hydrogen-bond donors (Lipinski definition) is 1. The number of nitrogens with one attached hydrogen (secondary N) is 1. The Kier molecular flexibility index (Phi) is 7.73. The van der Waals surface area contributed by atoms with Crippen LogP contribution in [0.3, 0.4) is 0 Å². The zero-order valence-electron chi connectivity index (χ0n) is 19.3. The van der Waals surface area contributed by atoms with Crippen LogP contribution >= 0.6 is 0 Å². The van der Waals surface area contributed by atoms with E-state index in [0.717, 1.165) is 43.4 Å². The number of carbonyl (C=O) groups is 2. The summed E-state index contributed by atoms with van der Waals surface area (Å²) in [6.07, 6.45) is 9.56. The third-order valence-corrected chi connectivity index (χ3v) is 6.77. The van der Waals surface area contributed by atoms with Crippen LogP contribution in [-0.4, -0.2) is 33.4 Å². The molecule has 2 amide bonds. The van der Waals surface area contributed by atoms with Gasteiger partial charge in [0.25, 0.3) is 0 Å². The molecule has 33 heavy (non-hydrogen) atoms. The van der Waals surface area contributed by atoms with Gasteiger partial charge in [-0.05, 0) is 68.6 Å². The van der Waals surface area contributed by atoms with Crippen LogP contribution in [0.15, 0.2) is 24.4 Å². The first-order chi connectivity index (χ1) is 16.0. The zero-order chi connectivity index (χ0) is 23.2. The summed E-state index contributed by atoms with van der Waals surface area (Å²) in [6, 6.07) is 5.17. The molecule has 1 aliphatic heterocycles. The number of aryl methyl sites for hydroxylation is 1. The first kappa shape index (κ1) is 23.4. The fourth-order valence-electron chi connectivity index (χ4n) is 4.39. The number of benzene rings is 1. The lowest BCUT2D eigenvalue weighted by molar-refractivity contribution is -0.136. The van der Waals surface area contributed by atoms with Crippen LogP contribution in [0.5, 0.6) is 5.75 Å². The van der Waals surface area contributed by atoms with Crippen molar-refractivity contribution in [1.29, 1.82) is 0 Å². The molecule has 0 spiro atoms. The van der Waals surface area contributed by atoms with Crippen LogP contribution in [0.1, 0.15) is 75.5 Å². The van der Waals surface area contributed by atoms with E-state index in [4.69, 9.17) is 4.74 Å². The number of carbonyl (C=O) groups excluding carboxylic acids is 2. The van der Waals surface area contributed by atoms with Gasteiger partial charge in [0.05, 0.1) is 18.5 Å². The second-order valence-electron chi connectivity index (χ2n) is 9.35. The number of aromatic nitrogens is 3. The molecule has 8 heteroatoms. The summed E-state index contributed by atoms with van der Waals surface area (Å²) >= 11 is 0. The molecular weight excluding hydrogens is 423 g/mol. The lowest BCUT2D eigenvalue weighted by atomic mass is 9.92. The van der Waals surface area contributed by atoms with Crippen molar-refractivity contribution in [2.75, 3.05) is 6.61 Å². The highest BCUT2D eigenvalue weighted by atomic mass is 19.1. The van der Waals surface area contributed by atoms with Crippen LogP contribution in [0, 0.1) is 17.7 Å². The highest BCUT2D eigenvalue weighted by Crippen LogP contribution is 2.32. The summed E-state index contributed by atoms with van der Waals surface area (Å²) in [5, 5.41) is 10.8. The third kappa shape index (κ3) is 6.39. The van der Waals surface area contributed by atoms with E-state index in [-0.39, 0.29) is 29.5 Å². The maximum atomic E-state index is 14.2. The molecule has 4 rings (SSSR count). The van der Waals surface area contributed by atoms with E-state index in [1.807, 2.05) is 16.8 Å². The fraction of sp³-hybridized carbons (Fsp3) is 0.600. The van der Waals surface area contributed by atoms with Crippen molar-refractivity contribution < 1.29 is 18.7 Å². The number of piperidine rings is 1. The number of ether oxygens (including phenoxy) is 1. The monoisotopic (exact) mass is 456 g/mol. The van der Waals surface area contributed by atoms with E-state index in [9.17, 15) is 14.0 Å². The Hall–Kier alpha value is -2.77. The molecule has 1 unspecified atom stereocenters. The van der Waals surface area contributed by atoms with E-state index in [2.05, 4.69) is 22.6 Å².